The van der Waals surface area contributed by atoms with Gasteiger partial charge in [-0.1, -0.05) is 11.6 Å². The fourth-order valence-corrected chi connectivity index (χ4v) is 1.70. The van der Waals surface area contributed by atoms with Gasteiger partial charge in [-0.3, -0.25) is 15.1 Å². The summed E-state index contributed by atoms with van der Waals surface area (Å²) < 4.78 is 0. The molecule has 5 nitrogen and oxygen atoms in total. The standard InChI is InChI=1S/C12H10ClN3O2/c1-15(12-6-9(13)7-14-8-12)10-2-4-11(5-3-10)16(17)18/h2-8H,1H3. The van der Waals surface area contributed by atoms with Crippen molar-refractivity contribution < 1.29 is 4.92 Å². The number of halogens is 1. The summed E-state index contributed by atoms with van der Waals surface area (Å²) >= 11 is 5.86. The predicted octanol–water partition coefficient (Wildman–Crippen LogP) is 3.41. The molecule has 0 aliphatic rings. The quantitative estimate of drug-likeness (QED) is 0.629. The van der Waals surface area contributed by atoms with Gasteiger partial charge in [0.15, 0.2) is 0 Å². The van der Waals surface area contributed by atoms with Gasteiger partial charge in [0.1, 0.15) is 0 Å². The molecule has 0 spiro atoms. The summed E-state index contributed by atoms with van der Waals surface area (Å²) in [6.45, 7) is 0. The van der Waals surface area contributed by atoms with Crippen LogP contribution in [0.3, 0.4) is 0 Å². The van der Waals surface area contributed by atoms with Gasteiger partial charge in [0.2, 0.25) is 0 Å². The third kappa shape index (κ3) is 2.57. The minimum Gasteiger partial charge on any atom is -0.343 e. The summed E-state index contributed by atoms with van der Waals surface area (Å²) in [4.78, 5) is 16.0. The molecular weight excluding hydrogens is 254 g/mol. The number of hydrogen-bond acceptors (Lipinski definition) is 4. The highest BCUT2D eigenvalue weighted by molar-refractivity contribution is 6.30. The number of benzene rings is 1. The van der Waals surface area contributed by atoms with Crippen LogP contribution in [0.2, 0.25) is 5.02 Å². The SMILES string of the molecule is CN(c1ccc([N+](=O)[O-])cc1)c1cncc(Cl)c1. The minimum absolute atomic E-state index is 0.0661. The lowest BCUT2D eigenvalue weighted by Gasteiger charge is -2.18. The van der Waals surface area contributed by atoms with Crippen molar-refractivity contribution in [2.45, 2.75) is 0 Å². The highest BCUT2D eigenvalue weighted by atomic mass is 35.5. The number of hydrogen-bond donors (Lipinski definition) is 0. The summed E-state index contributed by atoms with van der Waals surface area (Å²) in [6, 6.07) is 8.06. The molecule has 0 atom stereocenters. The molecule has 0 bridgehead atoms. The van der Waals surface area contributed by atoms with Gasteiger partial charge >= 0.3 is 0 Å². The molecule has 2 aromatic rings. The van der Waals surface area contributed by atoms with Gasteiger partial charge in [0.05, 0.1) is 21.8 Å². The summed E-state index contributed by atoms with van der Waals surface area (Å²) in [5.41, 5.74) is 1.71. The number of nitro benzene ring substituents is 1. The molecule has 0 amide bonds. The summed E-state index contributed by atoms with van der Waals surface area (Å²) in [5.74, 6) is 0. The Morgan fingerprint density at radius 3 is 2.44 bits per heavy atom. The highest BCUT2D eigenvalue weighted by Crippen LogP contribution is 2.26. The molecule has 0 unspecified atom stereocenters. The van der Waals surface area contributed by atoms with Crippen molar-refractivity contribution >= 4 is 28.7 Å². The van der Waals surface area contributed by atoms with E-state index in [1.54, 1.807) is 30.6 Å². The molecule has 1 aromatic carbocycles. The number of rotatable bonds is 3. The van der Waals surface area contributed by atoms with Crippen LogP contribution in [0.4, 0.5) is 17.1 Å². The molecule has 0 saturated heterocycles. The Balaban J connectivity index is 2.28. The lowest BCUT2D eigenvalue weighted by atomic mass is 10.2. The molecule has 0 fully saturated rings. The normalized spacial score (nSPS) is 10.1. The Morgan fingerprint density at radius 2 is 1.89 bits per heavy atom. The molecule has 2 rings (SSSR count). The van der Waals surface area contributed by atoms with Crippen LogP contribution in [0.5, 0.6) is 0 Å². The van der Waals surface area contributed by atoms with Gasteiger partial charge in [-0.15, -0.1) is 0 Å². The Labute approximate surface area is 109 Å². The van der Waals surface area contributed by atoms with E-state index in [1.165, 1.54) is 12.1 Å². The molecule has 92 valence electrons. The Morgan fingerprint density at radius 1 is 1.22 bits per heavy atom. The first-order valence-electron chi connectivity index (χ1n) is 5.16. The van der Waals surface area contributed by atoms with Gasteiger partial charge in [-0.05, 0) is 18.2 Å². The second-order valence-corrected chi connectivity index (χ2v) is 4.13. The lowest BCUT2D eigenvalue weighted by molar-refractivity contribution is -0.384. The van der Waals surface area contributed by atoms with E-state index < -0.39 is 4.92 Å². The van der Waals surface area contributed by atoms with E-state index >= 15 is 0 Å². The van der Waals surface area contributed by atoms with Gasteiger partial charge in [-0.25, -0.2) is 0 Å². The van der Waals surface area contributed by atoms with Gasteiger partial charge in [-0.2, -0.15) is 0 Å². The third-order valence-electron chi connectivity index (χ3n) is 2.53. The van der Waals surface area contributed by atoms with Crippen LogP contribution >= 0.6 is 11.6 Å². The maximum Gasteiger partial charge on any atom is 0.269 e. The van der Waals surface area contributed by atoms with Crippen LogP contribution in [0, 0.1) is 10.1 Å². The average molecular weight is 264 g/mol. The molecule has 18 heavy (non-hydrogen) atoms. The van der Waals surface area contributed by atoms with Crippen molar-refractivity contribution in [3.63, 3.8) is 0 Å². The van der Waals surface area contributed by atoms with Crippen molar-refractivity contribution in [2.75, 3.05) is 11.9 Å². The molecule has 1 heterocycles. The van der Waals surface area contributed by atoms with Gasteiger partial charge in [0.25, 0.3) is 5.69 Å². The second-order valence-electron chi connectivity index (χ2n) is 3.69. The second kappa shape index (κ2) is 5.01. The van der Waals surface area contributed by atoms with Gasteiger partial charge in [0, 0.05) is 31.1 Å². The van der Waals surface area contributed by atoms with E-state index in [4.69, 9.17) is 11.6 Å². The number of aromatic nitrogens is 1. The first kappa shape index (κ1) is 12.3. The van der Waals surface area contributed by atoms with Crippen LogP contribution in [0.25, 0.3) is 0 Å². The van der Waals surface area contributed by atoms with Crippen LogP contribution in [0.15, 0.2) is 42.7 Å². The van der Waals surface area contributed by atoms with Crippen LogP contribution in [-0.2, 0) is 0 Å². The van der Waals surface area contributed by atoms with Crippen molar-refractivity contribution in [3.8, 4) is 0 Å². The fourth-order valence-electron chi connectivity index (χ4n) is 1.53. The first-order valence-corrected chi connectivity index (χ1v) is 5.54. The summed E-state index contributed by atoms with van der Waals surface area (Å²) in [5, 5.41) is 11.1. The van der Waals surface area contributed by atoms with E-state index in [-0.39, 0.29) is 5.69 Å². The highest BCUT2D eigenvalue weighted by Gasteiger charge is 2.08. The zero-order chi connectivity index (χ0) is 13.1. The zero-order valence-corrected chi connectivity index (χ0v) is 10.3. The number of anilines is 2. The van der Waals surface area contributed by atoms with Crippen LogP contribution < -0.4 is 4.90 Å². The van der Waals surface area contributed by atoms with E-state index in [2.05, 4.69) is 4.98 Å². The van der Waals surface area contributed by atoms with Crippen LogP contribution in [-0.4, -0.2) is 17.0 Å². The van der Waals surface area contributed by atoms with E-state index in [9.17, 15) is 10.1 Å². The largest absolute Gasteiger partial charge is 0.343 e. The summed E-state index contributed by atoms with van der Waals surface area (Å²) in [7, 11) is 1.84. The van der Waals surface area contributed by atoms with E-state index in [0.29, 0.717) is 5.02 Å². The molecule has 0 radical (unpaired) electrons. The number of non-ortho nitro benzene ring substituents is 1. The Kier molecular flexibility index (Phi) is 3.43. The zero-order valence-electron chi connectivity index (χ0n) is 9.58. The maximum absolute atomic E-state index is 10.6. The Bertz CT molecular complexity index is 572. The van der Waals surface area contributed by atoms with Crippen LogP contribution in [0.1, 0.15) is 0 Å². The third-order valence-corrected chi connectivity index (χ3v) is 2.73. The van der Waals surface area contributed by atoms with Crippen molar-refractivity contribution in [3.05, 3.63) is 57.9 Å². The average Bonchev–Trinajstić information content (AvgIpc) is 2.38. The maximum atomic E-state index is 10.6. The predicted molar refractivity (Wildman–Crippen MR) is 70.4 cm³/mol. The fraction of sp³-hybridized carbons (Fsp3) is 0.0833. The lowest BCUT2D eigenvalue weighted by Crippen LogP contribution is -2.09. The van der Waals surface area contributed by atoms with E-state index in [0.717, 1.165) is 11.4 Å². The molecule has 0 aliphatic heterocycles. The molecular formula is C12H10ClN3O2. The smallest absolute Gasteiger partial charge is 0.269 e. The first-order chi connectivity index (χ1) is 8.58. The Hall–Kier alpha value is -2.14. The van der Waals surface area contributed by atoms with Crippen molar-refractivity contribution in [1.82, 2.24) is 4.98 Å². The monoisotopic (exact) mass is 263 g/mol. The topological polar surface area (TPSA) is 59.3 Å². The molecule has 1 aromatic heterocycles. The number of pyridine rings is 1. The number of nitro groups is 1. The van der Waals surface area contributed by atoms with Crippen molar-refractivity contribution in [2.24, 2.45) is 0 Å². The summed E-state index contributed by atoms with van der Waals surface area (Å²) in [6.07, 6.45) is 3.22. The van der Waals surface area contributed by atoms with Crippen molar-refractivity contribution in [1.29, 1.82) is 0 Å². The molecule has 0 saturated carbocycles. The van der Waals surface area contributed by atoms with Gasteiger partial charge < -0.3 is 4.90 Å². The number of nitrogens with zero attached hydrogens (tertiary/aromatic N) is 3. The molecule has 0 aliphatic carbocycles. The molecule has 6 heteroatoms. The minimum atomic E-state index is -0.426. The van der Waals surface area contributed by atoms with E-state index in [1.807, 2.05) is 11.9 Å². The molecule has 0 N–H and O–H groups in total.